The van der Waals surface area contributed by atoms with Crippen LogP contribution in [-0.4, -0.2) is 14.7 Å². The van der Waals surface area contributed by atoms with Crippen molar-refractivity contribution in [3.8, 4) is 4.86 Å². The molecule has 0 saturated heterocycles. The fraction of sp³-hybridized carbons (Fsp3) is 0. The second-order valence-corrected chi connectivity index (χ2v) is 7.10. The van der Waals surface area contributed by atoms with Gasteiger partial charge >= 0.3 is 94.1 Å². The van der Waals surface area contributed by atoms with E-state index in [-0.39, 0.29) is 0 Å². The second kappa shape index (κ2) is 4.82. The molecule has 2 aromatic carbocycles. The number of hydrogen-bond acceptors (Lipinski definition) is 1. The summed E-state index contributed by atoms with van der Waals surface area (Å²) >= 11 is -1.70. The van der Waals surface area contributed by atoms with Crippen LogP contribution in [0.15, 0.2) is 60.7 Å². The number of benzene rings is 2. The summed E-state index contributed by atoms with van der Waals surface area (Å²) < 4.78 is 2.39. The average Bonchev–Trinajstić information content (AvgIpc) is 2.33. The van der Waals surface area contributed by atoms with Gasteiger partial charge in [0.05, 0.1) is 0 Å². The Morgan fingerprint density at radius 3 is 1.47 bits per heavy atom. The quantitative estimate of drug-likeness (QED) is 0.743. The SMILES string of the molecule is N#C[As](c1ccccc1)c1ccccc1. The summed E-state index contributed by atoms with van der Waals surface area (Å²) in [5.74, 6) is 0. The van der Waals surface area contributed by atoms with Gasteiger partial charge < -0.3 is 0 Å². The van der Waals surface area contributed by atoms with Gasteiger partial charge in [-0.15, -0.1) is 0 Å². The first-order valence-corrected chi connectivity index (χ1v) is 7.53. The van der Waals surface area contributed by atoms with E-state index in [9.17, 15) is 5.26 Å². The van der Waals surface area contributed by atoms with Crippen molar-refractivity contribution in [2.75, 3.05) is 0 Å². The van der Waals surface area contributed by atoms with Gasteiger partial charge in [-0.1, -0.05) is 0 Å². The van der Waals surface area contributed by atoms with Crippen LogP contribution >= 0.6 is 0 Å². The molecule has 0 bridgehead atoms. The zero-order valence-electron chi connectivity index (χ0n) is 8.17. The Kier molecular flexibility index (Phi) is 3.22. The summed E-state index contributed by atoms with van der Waals surface area (Å²) in [4.78, 5) is 2.48. The second-order valence-electron chi connectivity index (χ2n) is 3.11. The van der Waals surface area contributed by atoms with Gasteiger partial charge in [0.15, 0.2) is 0 Å². The van der Waals surface area contributed by atoms with Crippen LogP contribution in [0, 0.1) is 10.1 Å². The van der Waals surface area contributed by atoms with Crippen LogP contribution in [0.25, 0.3) is 0 Å². The molecule has 0 amide bonds. The molecule has 0 heterocycles. The van der Waals surface area contributed by atoms with Crippen LogP contribution < -0.4 is 8.70 Å². The predicted octanol–water partition coefficient (Wildman–Crippen LogP) is 1.36. The first-order chi connectivity index (χ1) is 7.42. The predicted molar refractivity (Wildman–Crippen MR) is 63.5 cm³/mol. The monoisotopic (exact) mass is 255 g/mol. The Morgan fingerprint density at radius 1 is 0.733 bits per heavy atom. The van der Waals surface area contributed by atoms with Crippen molar-refractivity contribution in [1.82, 2.24) is 0 Å². The molecule has 0 unspecified atom stereocenters. The molecule has 0 aliphatic rings. The first-order valence-electron chi connectivity index (χ1n) is 4.72. The molecule has 0 atom stereocenters. The van der Waals surface area contributed by atoms with Crippen LogP contribution in [0.1, 0.15) is 0 Å². The maximum absolute atomic E-state index is 9.25. The van der Waals surface area contributed by atoms with E-state index in [0.717, 1.165) is 0 Å². The molecule has 1 nitrogen and oxygen atoms in total. The molecular formula is C13H10AsN. The van der Waals surface area contributed by atoms with Gasteiger partial charge in [0, 0.05) is 0 Å². The summed E-state index contributed by atoms with van der Waals surface area (Å²) in [7, 11) is 0. The van der Waals surface area contributed by atoms with Gasteiger partial charge in [-0.05, 0) is 0 Å². The topological polar surface area (TPSA) is 23.8 Å². The molecule has 2 heteroatoms. The van der Waals surface area contributed by atoms with Gasteiger partial charge in [0.2, 0.25) is 0 Å². The molecule has 0 aliphatic carbocycles. The Morgan fingerprint density at radius 2 is 1.13 bits per heavy atom. The fourth-order valence-corrected chi connectivity index (χ4v) is 4.50. The molecular weight excluding hydrogens is 245 g/mol. The molecule has 0 fully saturated rings. The molecule has 2 aromatic rings. The van der Waals surface area contributed by atoms with E-state index in [1.54, 1.807) is 0 Å². The molecule has 15 heavy (non-hydrogen) atoms. The standard InChI is InChI=1S/C13H10AsN/c15-11-14(12-7-3-1-4-8-12)13-9-5-2-6-10-13/h1-10H. The summed E-state index contributed by atoms with van der Waals surface area (Å²) in [6, 6.07) is 20.2. The van der Waals surface area contributed by atoms with E-state index in [2.05, 4.69) is 29.1 Å². The van der Waals surface area contributed by atoms with E-state index in [1.165, 1.54) is 8.70 Å². The minimum atomic E-state index is -1.70. The third kappa shape index (κ3) is 2.29. The third-order valence-electron chi connectivity index (χ3n) is 2.13. The van der Waals surface area contributed by atoms with Crippen LogP contribution in [0.5, 0.6) is 0 Å². The number of hydrogen-bond donors (Lipinski definition) is 0. The van der Waals surface area contributed by atoms with Crippen molar-refractivity contribution in [2.24, 2.45) is 0 Å². The van der Waals surface area contributed by atoms with Crippen LogP contribution in [0.2, 0.25) is 0 Å². The molecule has 0 N–H and O–H groups in total. The van der Waals surface area contributed by atoms with Crippen molar-refractivity contribution in [1.29, 1.82) is 5.26 Å². The Labute approximate surface area is 94.2 Å². The summed E-state index contributed by atoms with van der Waals surface area (Å²) in [5, 5.41) is 9.25. The van der Waals surface area contributed by atoms with Crippen molar-refractivity contribution in [3.05, 3.63) is 60.7 Å². The van der Waals surface area contributed by atoms with Crippen LogP contribution in [0.4, 0.5) is 0 Å². The van der Waals surface area contributed by atoms with E-state index in [1.807, 2.05) is 36.4 Å². The van der Waals surface area contributed by atoms with E-state index in [0.29, 0.717) is 0 Å². The third-order valence-corrected chi connectivity index (χ3v) is 5.97. The maximum atomic E-state index is 9.25. The Balaban J connectivity index is 2.39. The number of rotatable bonds is 2. The molecule has 0 radical (unpaired) electrons. The molecule has 2 rings (SSSR count). The normalized spacial score (nSPS) is 9.87. The Bertz CT molecular complexity index is 419. The van der Waals surface area contributed by atoms with Crippen molar-refractivity contribution >= 4 is 23.4 Å². The van der Waals surface area contributed by atoms with Crippen LogP contribution in [-0.2, 0) is 0 Å². The molecule has 0 aliphatic heterocycles. The van der Waals surface area contributed by atoms with E-state index in [4.69, 9.17) is 0 Å². The van der Waals surface area contributed by atoms with Gasteiger partial charge in [0.1, 0.15) is 0 Å². The Hall–Kier alpha value is -1.51. The van der Waals surface area contributed by atoms with Gasteiger partial charge in [-0.2, -0.15) is 0 Å². The first kappa shape index (κ1) is 10.0. The molecule has 0 spiro atoms. The molecule has 72 valence electrons. The number of nitriles is 1. The molecule has 0 aromatic heterocycles. The minimum absolute atomic E-state index is 1.19. The van der Waals surface area contributed by atoms with E-state index >= 15 is 0 Å². The average molecular weight is 255 g/mol. The van der Waals surface area contributed by atoms with Crippen molar-refractivity contribution < 1.29 is 0 Å². The van der Waals surface area contributed by atoms with Gasteiger partial charge in [0.25, 0.3) is 0 Å². The van der Waals surface area contributed by atoms with Gasteiger partial charge in [-0.3, -0.25) is 0 Å². The van der Waals surface area contributed by atoms with Gasteiger partial charge in [-0.25, -0.2) is 0 Å². The number of nitrogens with zero attached hydrogens (tertiary/aromatic N) is 1. The zero-order chi connectivity index (χ0) is 10.5. The summed E-state index contributed by atoms with van der Waals surface area (Å²) in [6.45, 7) is 0. The summed E-state index contributed by atoms with van der Waals surface area (Å²) in [6.07, 6.45) is 0. The molecule has 0 saturated carbocycles. The van der Waals surface area contributed by atoms with Crippen LogP contribution in [0.3, 0.4) is 0 Å². The summed E-state index contributed by atoms with van der Waals surface area (Å²) in [5.41, 5.74) is 0. The fourth-order valence-electron chi connectivity index (χ4n) is 1.42. The zero-order valence-corrected chi connectivity index (χ0v) is 10.0. The van der Waals surface area contributed by atoms with E-state index < -0.39 is 14.7 Å². The van der Waals surface area contributed by atoms with Crippen molar-refractivity contribution in [2.45, 2.75) is 0 Å². The van der Waals surface area contributed by atoms with Crippen molar-refractivity contribution in [3.63, 3.8) is 0 Å².